The van der Waals surface area contributed by atoms with Gasteiger partial charge in [0.1, 0.15) is 24.4 Å². The Morgan fingerprint density at radius 1 is 1.00 bits per heavy atom. The SMILES string of the molecule is O[C@H]1COC2C1OC[C@H]2OC1CCCCO1. The number of ether oxygens (including phenoxy) is 4. The van der Waals surface area contributed by atoms with Crippen LogP contribution in [0.4, 0.5) is 0 Å². The third-order valence-corrected chi connectivity index (χ3v) is 3.45. The second kappa shape index (κ2) is 4.58. The third kappa shape index (κ3) is 1.98. The number of aliphatic hydroxyl groups is 1. The lowest BCUT2D eigenvalue weighted by atomic mass is 10.1. The van der Waals surface area contributed by atoms with Crippen LogP contribution in [0.2, 0.25) is 0 Å². The molecule has 0 radical (unpaired) electrons. The highest BCUT2D eigenvalue weighted by atomic mass is 16.7. The van der Waals surface area contributed by atoms with Gasteiger partial charge in [0.2, 0.25) is 0 Å². The molecular weight excluding hydrogens is 212 g/mol. The van der Waals surface area contributed by atoms with Gasteiger partial charge < -0.3 is 24.1 Å². The normalized spacial score (nSPS) is 48.2. The van der Waals surface area contributed by atoms with Crippen molar-refractivity contribution in [2.45, 2.75) is 50.0 Å². The van der Waals surface area contributed by atoms with E-state index < -0.39 is 6.10 Å². The Hall–Kier alpha value is -0.200. The number of fused-ring (bicyclic) bond motifs is 1. The van der Waals surface area contributed by atoms with E-state index in [-0.39, 0.29) is 24.6 Å². The molecule has 3 aliphatic heterocycles. The number of aliphatic hydroxyl groups excluding tert-OH is 1. The lowest BCUT2D eigenvalue weighted by molar-refractivity contribution is -0.202. The van der Waals surface area contributed by atoms with E-state index in [1.165, 1.54) is 0 Å². The van der Waals surface area contributed by atoms with Crippen molar-refractivity contribution >= 4 is 0 Å². The fraction of sp³-hybridized carbons (Fsp3) is 1.00. The first kappa shape index (κ1) is 10.9. The zero-order valence-corrected chi connectivity index (χ0v) is 9.21. The first-order chi connectivity index (χ1) is 7.84. The molecule has 0 aromatic heterocycles. The van der Waals surface area contributed by atoms with Crippen molar-refractivity contribution in [2.75, 3.05) is 19.8 Å². The minimum atomic E-state index is -0.508. The van der Waals surface area contributed by atoms with Gasteiger partial charge in [0.05, 0.1) is 13.2 Å². The highest BCUT2D eigenvalue weighted by molar-refractivity contribution is 4.95. The molecule has 3 fully saturated rings. The largest absolute Gasteiger partial charge is 0.388 e. The Morgan fingerprint density at radius 3 is 2.69 bits per heavy atom. The van der Waals surface area contributed by atoms with Crippen molar-refractivity contribution in [3.63, 3.8) is 0 Å². The average Bonchev–Trinajstić information content (AvgIpc) is 2.86. The summed E-state index contributed by atoms with van der Waals surface area (Å²) in [4.78, 5) is 0. The predicted molar refractivity (Wildman–Crippen MR) is 54.0 cm³/mol. The van der Waals surface area contributed by atoms with E-state index in [2.05, 4.69) is 0 Å². The molecule has 3 saturated heterocycles. The van der Waals surface area contributed by atoms with Crippen molar-refractivity contribution in [3.8, 4) is 0 Å². The van der Waals surface area contributed by atoms with Gasteiger partial charge in [0.15, 0.2) is 6.29 Å². The number of rotatable bonds is 2. The quantitative estimate of drug-likeness (QED) is 0.726. The summed E-state index contributed by atoms with van der Waals surface area (Å²) in [5.74, 6) is 0. The summed E-state index contributed by atoms with van der Waals surface area (Å²) in [5, 5.41) is 9.59. The Balaban J connectivity index is 1.55. The monoisotopic (exact) mass is 230 g/mol. The Bertz CT molecular complexity index is 241. The maximum absolute atomic E-state index is 9.59. The summed E-state index contributed by atoms with van der Waals surface area (Å²) in [6.45, 7) is 1.61. The lowest BCUT2D eigenvalue weighted by Gasteiger charge is -2.27. The molecular formula is C11H18O5. The van der Waals surface area contributed by atoms with E-state index >= 15 is 0 Å². The molecule has 16 heavy (non-hydrogen) atoms. The molecule has 3 aliphatic rings. The molecule has 5 atom stereocenters. The Labute approximate surface area is 94.6 Å². The van der Waals surface area contributed by atoms with Gasteiger partial charge in [-0.15, -0.1) is 0 Å². The topological polar surface area (TPSA) is 57.2 Å². The molecule has 0 saturated carbocycles. The first-order valence-electron chi connectivity index (χ1n) is 6.03. The maximum Gasteiger partial charge on any atom is 0.158 e. The van der Waals surface area contributed by atoms with Crippen LogP contribution in [0.25, 0.3) is 0 Å². The van der Waals surface area contributed by atoms with E-state index in [9.17, 15) is 5.11 Å². The van der Waals surface area contributed by atoms with E-state index in [4.69, 9.17) is 18.9 Å². The molecule has 3 unspecified atom stereocenters. The summed E-state index contributed by atoms with van der Waals surface area (Å²) < 4.78 is 22.3. The lowest BCUT2D eigenvalue weighted by Crippen LogP contribution is -2.37. The van der Waals surface area contributed by atoms with Gasteiger partial charge in [-0.25, -0.2) is 0 Å². The highest BCUT2D eigenvalue weighted by Crippen LogP contribution is 2.30. The van der Waals surface area contributed by atoms with Crippen LogP contribution in [0.1, 0.15) is 19.3 Å². The molecule has 0 aromatic rings. The van der Waals surface area contributed by atoms with E-state index in [0.29, 0.717) is 13.2 Å². The second-order valence-corrected chi connectivity index (χ2v) is 4.63. The van der Waals surface area contributed by atoms with Gasteiger partial charge >= 0.3 is 0 Å². The van der Waals surface area contributed by atoms with Crippen LogP contribution < -0.4 is 0 Å². The number of hydrogen-bond acceptors (Lipinski definition) is 5. The molecule has 3 rings (SSSR count). The van der Waals surface area contributed by atoms with Crippen molar-refractivity contribution in [3.05, 3.63) is 0 Å². The molecule has 0 aromatic carbocycles. The second-order valence-electron chi connectivity index (χ2n) is 4.63. The predicted octanol–water partition coefficient (Wildman–Crippen LogP) is 0.0567. The smallest absolute Gasteiger partial charge is 0.158 e. The summed E-state index contributed by atoms with van der Waals surface area (Å²) in [5.41, 5.74) is 0. The molecule has 92 valence electrons. The van der Waals surface area contributed by atoms with Crippen molar-refractivity contribution in [1.29, 1.82) is 0 Å². The van der Waals surface area contributed by atoms with Crippen molar-refractivity contribution in [2.24, 2.45) is 0 Å². The zero-order chi connectivity index (χ0) is 11.0. The van der Waals surface area contributed by atoms with E-state index in [1.807, 2.05) is 0 Å². The van der Waals surface area contributed by atoms with Gasteiger partial charge in [-0.2, -0.15) is 0 Å². The van der Waals surface area contributed by atoms with Crippen LogP contribution in [0.3, 0.4) is 0 Å². The van der Waals surface area contributed by atoms with Crippen molar-refractivity contribution in [1.82, 2.24) is 0 Å². The number of hydrogen-bond donors (Lipinski definition) is 1. The summed E-state index contributed by atoms with van der Waals surface area (Å²) in [6, 6.07) is 0. The first-order valence-corrected chi connectivity index (χ1v) is 6.03. The molecule has 0 spiro atoms. The molecule has 5 heteroatoms. The summed E-state index contributed by atoms with van der Waals surface area (Å²) >= 11 is 0. The highest BCUT2D eigenvalue weighted by Gasteiger charge is 2.48. The fourth-order valence-electron chi connectivity index (χ4n) is 2.57. The Morgan fingerprint density at radius 2 is 1.88 bits per heavy atom. The Kier molecular flexibility index (Phi) is 3.13. The van der Waals surface area contributed by atoms with Crippen molar-refractivity contribution < 1.29 is 24.1 Å². The van der Waals surface area contributed by atoms with Gasteiger partial charge in [-0.3, -0.25) is 0 Å². The zero-order valence-electron chi connectivity index (χ0n) is 9.21. The van der Waals surface area contributed by atoms with Gasteiger partial charge in [-0.1, -0.05) is 0 Å². The van der Waals surface area contributed by atoms with Crippen LogP contribution in [-0.2, 0) is 18.9 Å². The fourth-order valence-corrected chi connectivity index (χ4v) is 2.57. The minimum Gasteiger partial charge on any atom is -0.388 e. The van der Waals surface area contributed by atoms with Crippen LogP contribution in [-0.4, -0.2) is 55.6 Å². The van der Waals surface area contributed by atoms with Gasteiger partial charge in [0, 0.05) is 6.61 Å². The average molecular weight is 230 g/mol. The van der Waals surface area contributed by atoms with Gasteiger partial charge in [-0.05, 0) is 19.3 Å². The van der Waals surface area contributed by atoms with Crippen LogP contribution in [0.5, 0.6) is 0 Å². The molecule has 0 bridgehead atoms. The minimum absolute atomic E-state index is 0.0924. The van der Waals surface area contributed by atoms with Crippen LogP contribution >= 0.6 is 0 Å². The molecule has 0 aliphatic carbocycles. The maximum atomic E-state index is 9.59. The van der Waals surface area contributed by atoms with E-state index in [1.54, 1.807) is 0 Å². The summed E-state index contributed by atoms with van der Waals surface area (Å²) in [6.07, 6.45) is 2.14. The van der Waals surface area contributed by atoms with Crippen LogP contribution in [0, 0.1) is 0 Å². The standard InChI is InChI=1S/C11H18O5/c12-7-5-14-11-8(6-15-10(7)11)16-9-3-1-2-4-13-9/h7-12H,1-6H2/t7-,8+,9?,10?,11?/m0/s1. The third-order valence-electron chi connectivity index (χ3n) is 3.45. The van der Waals surface area contributed by atoms with Gasteiger partial charge in [0.25, 0.3) is 0 Å². The molecule has 5 nitrogen and oxygen atoms in total. The molecule has 1 N–H and O–H groups in total. The molecule has 0 amide bonds. The molecule has 3 heterocycles. The van der Waals surface area contributed by atoms with Crippen LogP contribution in [0.15, 0.2) is 0 Å². The van der Waals surface area contributed by atoms with E-state index in [0.717, 1.165) is 25.9 Å². The summed E-state index contributed by atoms with van der Waals surface area (Å²) in [7, 11) is 0.